The van der Waals surface area contributed by atoms with Gasteiger partial charge in [0.05, 0.1) is 11.5 Å². The van der Waals surface area contributed by atoms with Gasteiger partial charge in [-0.25, -0.2) is 0 Å². The SMILES string of the molecule is COC[C@H]1O[C@@H](O)[C@H](OC)[C@@H](OS(=O)(=O)c2ccc(C)cc2)[C@@H]1OC. The molecule has 0 bridgehead atoms. The molecule has 2 rings (SSSR count). The molecule has 1 fully saturated rings. The number of methoxy groups -OCH3 is 3. The van der Waals surface area contributed by atoms with Crippen molar-refractivity contribution in [3.63, 3.8) is 0 Å². The number of rotatable bonds is 7. The van der Waals surface area contributed by atoms with E-state index in [-0.39, 0.29) is 11.5 Å². The van der Waals surface area contributed by atoms with Crippen LogP contribution in [0.4, 0.5) is 0 Å². The van der Waals surface area contributed by atoms with E-state index in [0.717, 1.165) is 5.56 Å². The van der Waals surface area contributed by atoms with Crippen LogP contribution in [0.15, 0.2) is 29.2 Å². The van der Waals surface area contributed by atoms with Gasteiger partial charge in [0.15, 0.2) is 6.29 Å². The molecule has 142 valence electrons. The van der Waals surface area contributed by atoms with Gasteiger partial charge in [-0.3, -0.25) is 4.18 Å². The first-order valence-corrected chi connectivity index (χ1v) is 9.13. The van der Waals surface area contributed by atoms with Gasteiger partial charge in [-0.05, 0) is 19.1 Å². The Morgan fingerprint density at radius 2 is 1.64 bits per heavy atom. The van der Waals surface area contributed by atoms with Crippen molar-refractivity contribution >= 4 is 10.1 Å². The minimum absolute atomic E-state index is 0.00655. The normalized spacial score (nSPS) is 30.4. The summed E-state index contributed by atoms with van der Waals surface area (Å²) < 4.78 is 51.6. The van der Waals surface area contributed by atoms with Crippen molar-refractivity contribution in [2.45, 2.75) is 42.5 Å². The second kappa shape index (κ2) is 8.54. The van der Waals surface area contributed by atoms with Gasteiger partial charge in [-0.1, -0.05) is 17.7 Å². The highest BCUT2D eigenvalue weighted by molar-refractivity contribution is 7.86. The van der Waals surface area contributed by atoms with E-state index < -0.39 is 40.8 Å². The number of aliphatic hydroxyl groups is 1. The molecule has 0 aromatic heterocycles. The van der Waals surface area contributed by atoms with E-state index in [1.807, 2.05) is 6.92 Å². The zero-order valence-electron chi connectivity index (χ0n) is 14.6. The number of hydrogen-bond acceptors (Lipinski definition) is 8. The summed E-state index contributed by atoms with van der Waals surface area (Å²) in [5.41, 5.74) is 0.921. The standard InChI is InChI=1S/C16H24O8S/c1-10-5-7-11(8-6-10)25(18,19)24-14-13(21-3)12(9-20-2)23-16(17)15(14)22-4/h5-8,12-17H,9H2,1-4H3/t12-,13-,14+,15-,16-/m1/s1. The molecule has 1 aliphatic heterocycles. The first kappa shape index (κ1) is 20.2. The minimum Gasteiger partial charge on any atom is -0.382 e. The topological polar surface area (TPSA) is 101 Å². The van der Waals surface area contributed by atoms with E-state index >= 15 is 0 Å². The maximum absolute atomic E-state index is 12.6. The lowest BCUT2D eigenvalue weighted by molar-refractivity contribution is -0.291. The summed E-state index contributed by atoms with van der Waals surface area (Å²) in [6.07, 6.45) is -5.05. The Labute approximate surface area is 147 Å². The number of benzene rings is 1. The van der Waals surface area contributed by atoms with Crippen molar-refractivity contribution in [2.75, 3.05) is 27.9 Å². The van der Waals surface area contributed by atoms with Crippen molar-refractivity contribution in [2.24, 2.45) is 0 Å². The number of ether oxygens (including phenoxy) is 4. The minimum atomic E-state index is -4.09. The fourth-order valence-electron chi connectivity index (χ4n) is 2.75. The molecule has 1 aliphatic rings. The monoisotopic (exact) mass is 376 g/mol. The quantitative estimate of drug-likeness (QED) is 0.685. The first-order chi connectivity index (χ1) is 11.8. The van der Waals surface area contributed by atoms with Crippen LogP contribution < -0.4 is 0 Å². The Balaban J connectivity index is 2.32. The van der Waals surface area contributed by atoms with Crippen molar-refractivity contribution in [1.82, 2.24) is 0 Å². The summed E-state index contributed by atoms with van der Waals surface area (Å²) in [6.45, 7) is 1.94. The van der Waals surface area contributed by atoms with Gasteiger partial charge in [-0.15, -0.1) is 0 Å². The predicted molar refractivity (Wildman–Crippen MR) is 87.6 cm³/mol. The summed E-state index contributed by atoms with van der Waals surface area (Å²) in [4.78, 5) is 0.00655. The van der Waals surface area contributed by atoms with E-state index in [0.29, 0.717) is 0 Å². The molecular formula is C16H24O8S. The third kappa shape index (κ3) is 4.56. The third-order valence-electron chi connectivity index (χ3n) is 4.03. The summed E-state index contributed by atoms with van der Waals surface area (Å²) in [5.74, 6) is 0. The molecule has 0 amide bonds. The fourth-order valence-corrected chi connectivity index (χ4v) is 3.84. The Kier molecular flexibility index (Phi) is 6.92. The van der Waals surface area contributed by atoms with Crippen LogP contribution in [0.1, 0.15) is 5.56 Å². The molecule has 5 atom stereocenters. The summed E-state index contributed by atoms with van der Waals surface area (Å²) >= 11 is 0. The van der Waals surface area contributed by atoms with Crippen LogP contribution in [-0.4, -0.2) is 72.2 Å². The average Bonchev–Trinajstić information content (AvgIpc) is 2.55. The van der Waals surface area contributed by atoms with Crippen LogP contribution in [0.25, 0.3) is 0 Å². The molecule has 25 heavy (non-hydrogen) atoms. The number of aryl methyl sites for hydroxylation is 1. The van der Waals surface area contributed by atoms with Crippen LogP contribution >= 0.6 is 0 Å². The largest absolute Gasteiger partial charge is 0.382 e. The molecule has 1 N–H and O–H groups in total. The first-order valence-electron chi connectivity index (χ1n) is 7.72. The average molecular weight is 376 g/mol. The van der Waals surface area contributed by atoms with Crippen molar-refractivity contribution in [3.8, 4) is 0 Å². The molecule has 1 saturated heterocycles. The molecule has 0 unspecified atom stereocenters. The molecule has 0 aliphatic carbocycles. The van der Waals surface area contributed by atoms with Gasteiger partial charge in [0.2, 0.25) is 0 Å². The Hall–Kier alpha value is -1.07. The number of aliphatic hydroxyl groups excluding tert-OH is 1. The summed E-state index contributed by atoms with van der Waals surface area (Å²) in [7, 11) is 0.0977. The lowest BCUT2D eigenvalue weighted by atomic mass is 9.99. The van der Waals surface area contributed by atoms with Crippen LogP contribution in [0.5, 0.6) is 0 Å². The van der Waals surface area contributed by atoms with Gasteiger partial charge >= 0.3 is 0 Å². The van der Waals surface area contributed by atoms with Crippen molar-refractivity contribution in [1.29, 1.82) is 0 Å². The lowest BCUT2D eigenvalue weighted by Crippen LogP contribution is -2.61. The van der Waals surface area contributed by atoms with Gasteiger partial charge in [-0.2, -0.15) is 8.42 Å². The maximum atomic E-state index is 12.6. The van der Waals surface area contributed by atoms with Gasteiger partial charge < -0.3 is 24.1 Å². The maximum Gasteiger partial charge on any atom is 0.297 e. The van der Waals surface area contributed by atoms with Crippen LogP contribution in [0.3, 0.4) is 0 Å². The van der Waals surface area contributed by atoms with E-state index in [4.69, 9.17) is 23.1 Å². The summed E-state index contributed by atoms with van der Waals surface area (Å²) in [5, 5.41) is 10.1. The van der Waals surface area contributed by atoms with Gasteiger partial charge in [0.1, 0.15) is 24.4 Å². The molecule has 0 radical (unpaired) electrons. The molecule has 8 nitrogen and oxygen atoms in total. The van der Waals surface area contributed by atoms with Crippen molar-refractivity contribution in [3.05, 3.63) is 29.8 Å². The molecule has 0 saturated carbocycles. The van der Waals surface area contributed by atoms with Gasteiger partial charge in [0, 0.05) is 21.3 Å². The Morgan fingerprint density at radius 1 is 1.04 bits per heavy atom. The zero-order valence-corrected chi connectivity index (χ0v) is 15.4. The molecular weight excluding hydrogens is 352 g/mol. The van der Waals surface area contributed by atoms with E-state index in [9.17, 15) is 13.5 Å². The highest BCUT2D eigenvalue weighted by atomic mass is 32.2. The van der Waals surface area contributed by atoms with E-state index in [2.05, 4.69) is 0 Å². The van der Waals surface area contributed by atoms with Crippen LogP contribution in [-0.2, 0) is 33.2 Å². The van der Waals surface area contributed by atoms with Crippen LogP contribution in [0.2, 0.25) is 0 Å². The molecule has 1 heterocycles. The van der Waals surface area contributed by atoms with Crippen molar-refractivity contribution < 1.29 is 36.7 Å². The second-order valence-electron chi connectivity index (χ2n) is 5.75. The fraction of sp³-hybridized carbons (Fsp3) is 0.625. The van der Waals surface area contributed by atoms with E-state index in [1.54, 1.807) is 12.1 Å². The molecule has 9 heteroatoms. The van der Waals surface area contributed by atoms with Gasteiger partial charge in [0.25, 0.3) is 10.1 Å². The zero-order chi connectivity index (χ0) is 18.6. The number of hydrogen-bond donors (Lipinski definition) is 1. The highest BCUT2D eigenvalue weighted by Gasteiger charge is 2.49. The third-order valence-corrected chi connectivity index (χ3v) is 5.36. The second-order valence-corrected chi connectivity index (χ2v) is 7.32. The molecule has 1 aromatic rings. The lowest BCUT2D eigenvalue weighted by Gasteiger charge is -2.42. The molecule has 0 spiro atoms. The summed E-state index contributed by atoms with van der Waals surface area (Å²) in [6, 6.07) is 6.25. The Morgan fingerprint density at radius 3 is 2.16 bits per heavy atom. The van der Waals surface area contributed by atoms with Crippen LogP contribution in [0, 0.1) is 6.92 Å². The Bertz CT molecular complexity index is 645. The smallest absolute Gasteiger partial charge is 0.297 e. The predicted octanol–water partition coefficient (Wildman–Crippen LogP) is 0.463. The molecule has 1 aromatic carbocycles. The highest BCUT2D eigenvalue weighted by Crippen LogP contribution is 2.29. The van der Waals surface area contributed by atoms with E-state index in [1.165, 1.54) is 33.5 Å².